The van der Waals surface area contributed by atoms with Gasteiger partial charge in [-0.05, 0) is 122 Å². The second kappa shape index (κ2) is 9.01. The smallest absolute Gasteiger partial charge is 0.311 e. The van der Waals surface area contributed by atoms with Crippen molar-refractivity contribution in [2.75, 3.05) is 14.2 Å². The summed E-state index contributed by atoms with van der Waals surface area (Å²) in [6, 6.07) is 0. The van der Waals surface area contributed by atoms with Gasteiger partial charge in [0.1, 0.15) is 0 Å². The molecule has 0 bridgehead atoms. The van der Waals surface area contributed by atoms with Crippen molar-refractivity contribution in [1.82, 2.24) is 0 Å². The Hall–Kier alpha value is -1.06. The van der Waals surface area contributed by atoms with Gasteiger partial charge in [-0.25, -0.2) is 0 Å². The van der Waals surface area contributed by atoms with Crippen molar-refractivity contribution >= 4 is 11.9 Å². The Balaban J connectivity index is 1.78. The van der Waals surface area contributed by atoms with Gasteiger partial charge in [0.05, 0.1) is 26.1 Å². The van der Waals surface area contributed by atoms with Gasteiger partial charge in [0.15, 0.2) is 0 Å². The van der Waals surface area contributed by atoms with E-state index in [-0.39, 0.29) is 34.1 Å². The maximum Gasteiger partial charge on any atom is 0.311 e. The highest BCUT2D eigenvalue weighted by Crippen LogP contribution is 2.76. The standard InChI is InChI=1S/C32H54O4/c1-20(2)21-13-15-29(5)17-18-31(7)22(26(21)29)11-12-24-30(6,19-25(33)35-9)23(14-16-32(24,31)8)28(3,4)27(34)36-10/h20-24,26H,11-19H2,1-10H3. The van der Waals surface area contributed by atoms with E-state index in [9.17, 15) is 9.59 Å². The third-order valence-electron chi connectivity index (χ3n) is 13.4. The number of fused-ring (bicyclic) bond motifs is 5. The molecule has 4 nitrogen and oxygen atoms in total. The van der Waals surface area contributed by atoms with Gasteiger partial charge in [0, 0.05) is 0 Å². The first-order chi connectivity index (χ1) is 16.6. The molecule has 0 aliphatic heterocycles. The number of carbonyl (C=O) groups excluding carboxylic acids is 2. The third kappa shape index (κ3) is 3.73. The van der Waals surface area contributed by atoms with E-state index in [0.717, 1.165) is 42.9 Å². The third-order valence-corrected chi connectivity index (χ3v) is 13.4. The Kier molecular flexibility index (Phi) is 7.00. The zero-order valence-corrected chi connectivity index (χ0v) is 25.0. The topological polar surface area (TPSA) is 52.6 Å². The number of rotatable bonds is 5. The van der Waals surface area contributed by atoms with Crippen LogP contribution in [-0.4, -0.2) is 26.2 Å². The Bertz CT molecular complexity index is 877. The molecule has 4 saturated carbocycles. The van der Waals surface area contributed by atoms with Gasteiger partial charge in [0.25, 0.3) is 0 Å². The molecule has 0 aromatic heterocycles. The van der Waals surface area contributed by atoms with Crippen LogP contribution in [0.2, 0.25) is 0 Å². The van der Waals surface area contributed by atoms with Crippen LogP contribution in [0.5, 0.6) is 0 Å². The molecule has 9 unspecified atom stereocenters. The molecule has 4 rings (SSSR count). The van der Waals surface area contributed by atoms with Crippen molar-refractivity contribution in [2.45, 2.75) is 113 Å². The maximum atomic E-state index is 13.0. The highest BCUT2D eigenvalue weighted by atomic mass is 16.5. The van der Waals surface area contributed by atoms with E-state index >= 15 is 0 Å². The lowest BCUT2D eigenvalue weighted by Crippen LogP contribution is -2.65. The van der Waals surface area contributed by atoms with Crippen LogP contribution in [0.3, 0.4) is 0 Å². The molecule has 0 N–H and O–H groups in total. The number of hydrogen-bond donors (Lipinski definition) is 0. The summed E-state index contributed by atoms with van der Waals surface area (Å²) in [7, 11) is 2.99. The number of methoxy groups -OCH3 is 2. The lowest BCUT2D eigenvalue weighted by atomic mass is 9.33. The summed E-state index contributed by atoms with van der Waals surface area (Å²) >= 11 is 0. The van der Waals surface area contributed by atoms with E-state index in [0.29, 0.717) is 17.8 Å². The van der Waals surface area contributed by atoms with Crippen LogP contribution in [0.15, 0.2) is 0 Å². The van der Waals surface area contributed by atoms with Crippen LogP contribution < -0.4 is 0 Å². The van der Waals surface area contributed by atoms with Gasteiger partial charge in [-0.15, -0.1) is 0 Å². The summed E-state index contributed by atoms with van der Waals surface area (Å²) in [5.41, 5.74) is -0.0561. The van der Waals surface area contributed by atoms with Gasteiger partial charge < -0.3 is 9.47 Å². The van der Waals surface area contributed by atoms with E-state index in [1.54, 1.807) is 0 Å². The van der Waals surface area contributed by atoms with E-state index in [4.69, 9.17) is 9.47 Å². The minimum Gasteiger partial charge on any atom is -0.469 e. The number of hydrogen-bond acceptors (Lipinski definition) is 4. The fourth-order valence-corrected chi connectivity index (χ4v) is 11.3. The molecule has 4 aliphatic rings. The summed E-state index contributed by atoms with van der Waals surface area (Å²) in [6.45, 7) is 19.1. The summed E-state index contributed by atoms with van der Waals surface area (Å²) in [6.07, 6.45) is 10.3. The molecule has 0 saturated heterocycles. The van der Waals surface area contributed by atoms with Gasteiger partial charge in [-0.2, -0.15) is 0 Å². The molecule has 0 radical (unpaired) electrons. The Morgan fingerprint density at radius 3 is 2.11 bits per heavy atom. The first kappa shape index (κ1) is 28.0. The highest BCUT2D eigenvalue weighted by molar-refractivity contribution is 5.77. The number of esters is 2. The summed E-state index contributed by atoms with van der Waals surface area (Å²) < 4.78 is 10.6. The average molecular weight is 503 g/mol. The number of ether oxygens (including phenoxy) is 2. The molecule has 36 heavy (non-hydrogen) atoms. The largest absolute Gasteiger partial charge is 0.469 e. The van der Waals surface area contributed by atoms with Gasteiger partial charge >= 0.3 is 11.9 Å². The second-order valence-corrected chi connectivity index (χ2v) is 15.3. The zero-order valence-electron chi connectivity index (χ0n) is 25.0. The van der Waals surface area contributed by atoms with Gasteiger partial charge in [0.2, 0.25) is 0 Å². The quantitative estimate of drug-likeness (QED) is 0.362. The molecular weight excluding hydrogens is 448 g/mol. The van der Waals surface area contributed by atoms with E-state index in [1.165, 1.54) is 46.3 Å². The van der Waals surface area contributed by atoms with Crippen LogP contribution in [-0.2, 0) is 19.1 Å². The summed E-state index contributed by atoms with van der Waals surface area (Å²) in [4.78, 5) is 25.9. The molecular formula is C32H54O4. The van der Waals surface area contributed by atoms with Crippen molar-refractivity contribution in [3.63, 3.8) is 0 Å². The molecule has 4 fully saturated rings. The molecule has 0 aromatic rings. The monoisotopic (exact) mass is 502 g/mol. The van der Waals surface area contributed by atoms with Crippen LogP contribution in [0.1, 0.15) is 113 Å². The Morgan fingerprint density at radius 1 is 0.861 bits per heavy atom. The summed E-state index contributed by atoms with van der Waals surface area (Å²) in [5.74, 6) is 3.29. The lowest BCUT2D eigenvalue weighted by molar-refractivity contribution is -0.232. The first-order valence-corrected chi connectivity index (χ1v) is 14.8. The molecule has 9 atom stereocenters. The fraction of sp³-hybridized carbons (Fsp3) is 0.938. The van der Waals surface area contributed by atoms with E-state index in [1.807, 2.05) is 13.8 Å². The second-order valence-electron chi connectivity index (χ2n) is 15.3. The maximum absolute atomic E-state index is 13.0. The SMILES string of the molecule is COC(=O)CC1(C)C(C(C)(C)C(=O)OC)CCC2(C)C1CCC1C3C(C(C)C)CCC3(C)CCC12C. The lowest BCUT2D eigenvalue weighted by Gasteiger charge is -2.71. The van der Waals surface area contributed by atoms with Gasteiger partial charge in [-0.3, -0.25) is 9.59 Å². The Morgan fingerprint density at radius 2 is 1.53 bits per heavy atom. The molecule has 0 amide bonds. The van der Waals surface area contributed by atoms with Crippen LogP contribution in [0.4, 0.5) is 0 Å². The van der Waals surface area contributed by atoms with Crippen molar-refractivity contribution in [2.24, 2.45) is 62.6 Å². The van der Waals surface area contributed by atoms with Crippen molar-refractivity contribution in [3.05, 3.63) is 0 Å². The Labute approximate surface area is 221 Å². The highest BCUT2D eigenvalue weighted by Gasteiger charge is 2.70. The van der Waals surface area contributed by atoms with Crippen LogP contribution >= 0.6 is 0 Å². The summed E-state index contributed by atoms with van der Waals surface area (Å²) in [5, 5.41) is 0. The first-order valence-electron chi connectivity index (χ1n) is 14.8. The zero-order chi connectivity index (χ0) is 26.9. The number of carbonyl (C=O) groups is 2. The van der Waals surface area contributed by atoms with Crippen molar-refractivity contribution in [3.8, 4) is 0 Å². The van der Waals surface area contributed by atoms with Crippen LogP contribution in [0.25, 0.3) is 0 Å². The molecule has 0 spiro atoms. The van der Waals surface area contributed by atoms with Crippen molar-refractivity contribution in [1.29, 1.82) is 0 Å². The normalized spacial score (nSPS) is 46.5. The predicted molar refractivity (Wildman–Crippen MR) is 144 cm³/mol. The average Bonchev–Trinajstić information content (AvgIpc) is 3.16. The van der Waals surface area contributed by atoms with Gasteiger partial charge in [-0.1, -0.05) is 41.5 Å². The molecule has 4 aliphatic carbocycles. The molecule has 4 heteroatoms. The minimum atomic E-state index is -0.643. The molecule has 0 heterocycles. The molecule has 0 aromatic carbocycles. The minimum absolute atomic E-state index is 0.0820. The fourth-order valence-electron chi connectivity index (χ4n) is 11.3. The van der Waals surface area contributed by atoms with E-state index < -0.39 is 5.41 Å². The van der Waals surface area contributed by atoms with E-state index in [2.05, 4.69) is 41.5 Å². The predicted octanol–water partition coefficient (Wildman–Crippen LogP) is 7.69. The van der Waals surface area contributed by atoms with Crippen molar-refractivity contribution < 1.29 is 19.1 Å². The van der Waals surface area contributed by atoms with Crippen LogP contribution in [0, 0.1) is 62.6 Å². The molecule has 206 valence electrons.